The summed E-state index contributed by atoms with van der Waals surface area (Å²) in [6.07, 6.45) is 3.99. The van der Waals surface area contributed by atoms with Crippen molar-refractivity contribution in [2.75, 3.05) is 7.11 Å². The van der Waals surface area contributed by atoms with Gasteiger partial charge >= 0.3 is 6.16 Å². The number of methoxy groups -OCH3 is 1. The number of hydrogen-bond donors (Lipinski definition) is 0. The first-order chi connectivity index (χ1) is 6.95. The Morgan fingerprint density at radius 3 is 2.33 bits per heavy atom. The fourth-order valence-corrected chi connectivity index (χ4v) is 2.40. The van der Waals surface area contributed by atoms with Crippen LogP contribution in [0.25, 0.3) is 0 Å². The molecule has 1 saturated carbocycles. The van der Waals surface area contributed by atoms with Crippen LogP contribution in [0.4, 0.5) is 4.79 Å². The second-order valence-electron chi connectivity index (χ2n) is 5.37. The maximum atomic E-state index is 11.1. The lowest BCUT2D eigenvalue weighted by Gasteiger charge is -2.39. The summed E-state index contributed by atoms with van der Waals surface area (Å²) in [6, 6.07) is 0. The molecule has 0 aromatic heterocycles. The summed E-state index contributed by atoms with van der Waals surface area (Å²) < 4.78 is 9.87. The third kappa shape index (κ3) is 3.40. The number of rotatable bonds is 1. The lowest BCUT2D eigenvalue weighted by molar-refractivity contribution is -0.0331. The third-order valence-electron chi connectivity index (χ3n) is 3.23. The van der Waals surface area contributed by atoms with Crippen LogP contribution in [0.1, 0.15) is 46.5 Å². The normalized spacial score (nSPS) is 27.2. The van der Waals surface area contributed by atoms with Gasteiger partial charge in [-0.2, -0.15) is 0 Å². The first-order valence-electron chi connectivity index (χ1n) is 5.69. The van der Waals surface area contributed by atoms with E-state index < -0.39 is 6.16 Å². The Labute approximate surface area is 92.1 Å². The number of hydrogen-bond acceptors (Lipinski definition) is 3. The van der Waals surface area contributed by atoms with E-state index in [-0.39, 0.29) is 11.5 Å². The van der Waals surface area contributed by atoms with Crippen molar-refractivity contribution < 1.29 is 14.3 Å². The van der Waals surface area contributed by atoms with Gasteiger partial charge in [0.25, 0.3) is 0 Å². The highest BCUT2D eigenvalue weighted by Gasteiger charge is 2.36. The van der Waals surface area contributed by atoms with Gasteiger partial charge in [0, 0.05) is 5.92 Å². The largest absolute Gasteiger partial charge is 0.508 e. The molecule has 2 unspecified atom stereocenters. The van der Waals surface area contributed by atoms with Gasteiger partial charge in [0.05, 0.1) is 7.11 Å². The van der Waals surface area contributed by atoms with E-state index in [1.165, 1.54) is 13.5 Å². The molecular formula is C12H22O3. The van der Waals surface area contributed by atoms with Gasteiger partial charge in [-0.15, -0.1) is 0 Å². The predicted molar refractivity (Wildman–Crippen MR) is 58.7 cm³/mol. The first kappa shape index (κ1) is 12.3. The van der Waals surface area contributed by atoms with Gasteiger partial charge in [-0.05, 0) is 24.7 Å². The van der Waals surface area contributed by atoms with Crippen molar-refractivity contribution in [2.24, 2.45) is 11.3 Å². The van der Waals surface area contributed by atoms with E-state index in [9.17, 15) is 4.79 Å². The topological polar surface area (TPSA) is 35.5 Å². The van der Waals surface area contributed by atoms with Crippen LogP contribution in [-0.2, 0) is 9.47 Å². The molecule has 0 bridgehead atoms. The average molecular weight is 214 g/mol. The molecule has 2 atom stereocenters. The van der Waals surface area contributed by atoms with Crippen LogP contribution < -0.4 is 0 Å². The van der Waals surface area contributed by atoms with E-state index >= 15 is 0 Å². The molecule has 1 fully saturated rings. The Balaban J connectivity index is 2.62. The quantitative estimate of drug-likeness (QED) is 0.628. The summed E-state index contributed by atoms with van der Waals surface area (Å²) in [7, 11) is 1.36. The first-order valence-corrected chi connectivity index (χ1v) is 5.69. The van der Waals surface area contributed by atoms with Gasteiger partial charge < -0.3 is 9.47 Å². The summed E-state index contributed by atoms with van der Waals surface area (Å²) in [4.78, 5) is 11.1. The molecule has 15 heavy (non-hydrogen) atoms. The monoisotopic (exact) mass is 214 g/mol. The van der Waals surface area contributed by atoms with E-state index in [2.05, 4.69) is 25.5 Å². The Bertz CT molecular complexity index is 217. The Hall–Kier alpha value is -0.730. The van der Waals surface area contributed by atoms with E-state index in [0.717, 1.165) is 19.3 Å². The summed E-state index contributed by atoms with van der Waals surface area (Å²) >= 11 is 0. The summed E-state index contributed by atoms with van der Waals surface area (Å²) in [5.74, 6) is 0.449. The molecule has 3 nitrogen and oxygen atoms in total. The molecule has 0 amide bonds. The fraction of sp³-hybridized carbons (Fsp3) is 0.917. The molecule has 3 heteroatoms. The second kappa shape index (κ2) is 4.86. The summed E-state index contributed by atoms with van der Waals surface area (Å²) in [5.41, 5.74) is 0.194. The highest BCUT2D eigenvalue weighted by molar-refractivity contribution is 5.59. The van der Waals surface area contributed by atoms with Crippen molar-refractivity contribution in [1.29, 1.82) is 0 Å². The van der Waals surface area contributed by atoms with Crippen LogP contribution in [-0.4, -0.2) is 19.4 Å². The molecule has 0 N–H and O–H groups in total. The van der Waals surface area contributed by atoms with E-state index in [0.29, 0.717) is 5.92 Å². The highest BCUT2D eigenvalue weighted by Crippen LogP contribution is 2.39. The molecule has 0 aromatic carbocycles. The molecule has 1 aliphatic carbocycles. The molecule has 0 radical (unpaired) electrons. The SMILES string of the molecule is COC(=O)OC1CCCCC1C(C)(C)C. The van der Waals surface area contributed by atoms with Gasteiger partial charge in [0.15, 0.2) is 0 Å². The average Bonchev–Trinajstić information content (AvgIpc) is 2.17. The molecule has 1 aliphatic rings. The number of ether oxygens (including phenoxy) is 2. The molecule has 0 spiro atoms. The Morgan fingerprint density at radius 2 is 1.80 bits per heavy atom. The molecular weight excluding hydrogens is 192 g/mol. The second-order valence-corrected chi connectivity index (χ2v) is 5.37. The standard InChI is InChI=1S/C12H22O3/c1-12(2,3)9-7-5-6-8-10(9)15-11(13)14-4/h9-10H,5-8H2,1-4H3. The zero-order valence-electron chi connectivity index (χ0n) is 10.2. The van der Waals surface area contributed by atoms with Crippen molar-refractivity contribution in [3.8, 4) is 0 Å². The number of carbonyl (C=O) groups excluding carboxylic acids is 1. The molecule has 0 aliphatic heterocycles. The van der Waals surface area contributed by atoms with Crippen LogP contribution in [0.2, 0.25) is 0 Å². The zero-order chi connectivity index (χ0) is 11.5. The Morgan fingerprint density at radius 1 is 1.20 bits per heavy atom. The minimum Gasteiger partial charge on any atom is -0.438 e. The summed E-state index contributed by atoms with van der Waals surface area (Å²) in [6.45, 7) is 6.61. The van der Waals surface area contributed by atoms with E-state index in [1.54, 1.807) is 0 Å². The number of carbonyl (C=O) groups is 1. The lowest BCUT2D eigenvalue weighted by Crippen LogP contribution is -2.38. The summed E-state index contributed by atoms with van der Waals surface area (Å²) in [5, 5.41) is 0. The molecule has 88 valence electrons. The molecule has 1 rings (SSSR count). The molecule has 0 saturated heterocycles. The van der Waals surface area contributed by atoms with Crippen LogP contribution in [0.3, 0.4) is 0 Å². The van der Waals surface area contributed by atoms with Gasteiger partial charge in [-0.25, -0.2) is 4.79 Å². The zero-order valence-corrected chi connectivity index (χ0v) is 10.2. The highest BCUT2D eigenvalue weighted by atomic mass is 16.7. The van der Waals surface area contributed by atoms with Crippen LogP contribution in [0, 0.1) is 11.3 Å². The van der Waals surface area contributed by atoms with E-state index in [1.807, 2.05) is 0 Å². The predicted octanol–water partition coefficient (Wildman–Crippen LogP) is 3.37. The van der Waals surface area contributed by atoms with Crippen LogP contribution >= 0.6 is 0 Å². The van der Waals surface area contributed by atoms with Crippen molar-refractivity contribution in [3.63, 3.8) is 0 Å². The molecule has 0 heterocycles. The minimum absolute atomic E-state index is 0.0335. The fourth-order valence-electron chi connectivity index (χ4n) is 2.40. The minimum atomic E-state index is -0.545. The Kier molecular flexibility index (Phi) is 4.00. The van der Waals surface area contributed by atoms with Crippen molar-refractivity contribution in [2.45, 2.75) is 52.6 Å². The van der Waals surface area contributed by atoms with Crippen molar-refractivity contribution in [3.05, 3.63) is 0 Å². The van der Waals surface area contributed by atoms with Crippen molar-refractivity contribution in [1.82, 2.24) is 0 Å². The maximum Gasteiger partial charge on any atom is 0.508 e. The third-order valence-corrected chi connectivity index (χ3v) is 3.23. The molecule has 0 aromatic rings. The van der Waals surface area contributed by atoms with Gasteiger partial charge in [-0.3, -0.25) is 0 Å². The van der Waals surface area contributed by atoms with Gasteiger partial charge in [0.1, 0.15) is 6.10 Å². The smallest absolute Gasteiger partial charge is 0.438 e. The van der Waals surface area contributed by atoms with Crippen LogP contribution in [0.15, 0.2) is 0 Å². The van der Waals surface area contributed by atoms with Crippen molar-refractivity contribution >= 4 is 6.16 Å². The van der Waals surface area contributed by atoms with Gasteiger partial charge in [0.2, 0.25) is 0 Å². The van der Waals surface area contributed by atoms with E-state index in [4.69, 9.17) is 4.74 Å². The van der Waals surface area contributed by atoms with Crippen LogP contribution in [0.5, 0.6) is 0 Å². The lowest BCUT2D eigenvalue weighted by atomic mass is 9.71. The van der Waals surface area contributed by atoms with Gasteiger partial charge in [-0.1, -0.05) is 27.2 Å². The maximum absolute atomic E-state index is 11.1.